The number of nitrogens with zero attached hydrogens (tertiary/aromatic N) is 1. The predicted molar refractivity (Wildman–Crippen MR) is 138 cm³/mol. The third-order valence-electron chi connectivity index (χ3n) is 6.62. The molecule has 0 radical (unpaired) electrons. The Kier molecular flexibility index (Phi) is 5.41. The van der Waals surface area contributed by atoms with Crippen molar-refractivity contribution in [3.8, 4) is 0 Å². The average molecular weight is 416 g/mol. The Balaban J connectivity index is 1.69. The van der Waals surface area contributed by atoms with E-state index in [1.54, 1.807) is 0 Å². The maximum absolute atomic E-state index is 4.56. The van der Waals surface area contributed by atoms with E-state index in [4.69, 9.17) is 0 Å². The average Bonchev–Trinajstić information content (AvgIpc) is 3.16. The first kappa shape index (κ1) is 20.3. The smallest absolute Gasteiger partial charge is 0.0560 e. The first-order valence-corrected chi connectivity index (χ1v) is 11.4. The van der Waals surface area contributed by atoms with Crippen LogP contribution in [0.4, 0.5) is 5.69 Å². The minimum Gasteiger partial charge on any atom is -0.333 e. The molecule has 0 spiro atoms. The fourth-order valence-corrected chi connectivity index (χ4v) is 5.06. The molecule has 32 heavy (non-hydrogen) atoms. The molecule has 5 rings (SSSR count). The van der Waals surface area contributed by atoms with Gasteiger partial charge in [-0.2, -0.15) is 0 Å². The van der Waals surface area contributed by atoms with Crippen molar-refractivity contribution < 1.29 is 0 Å². The van der Waals surface area contributed by atoms with Crippen LogP contribution in [0.25, 0.3) is 11.3 Å². The van der Waals surface area contributed by atoms with Crippen molar-refractivity contribution in [1.29, 1.82) is 0 Å². The molecule has 0 amide bonds. The summed E-state index contributed by atoms with van der Waals surface area (Å²) in [6.07, 6.45) is 10.9. The van der Waals surface area contributed by atoms with Gasteiger partial charge in [0.05, 0.1) is 6.04 Å². The fourth-order valence-electron chi connectivity index (χ4n) is 5.06. The summed E-state index contributed by atoms with van der Waals surface area (Å²) in [5.74, 6) is 0. The Hall–Kier alpha value is -3.58. The van der Waals surface area contributed by atoms with Gasteiger partial charge in [0, 0.05) is 22.5 Å². The molecular weight excluding hydrogens is 386 g/mol. The number of hydrogen-bond acceptors (Lipinski definition) is 1. The van der Waals surface area contributed by atoms with Crippen LogP contribution in [0.1, 0.15) is 41.2 Å². The standard InChI is InChI=1S/C31H29N/c1-22-13-7-9-17-27(22)24(3)28-18-11-12-20-30(28)32(26-15-5-4-6-16-26)31-23(2)21-25-14-8-10-19-29(25)31/h4-15,17-20,26H,3,16,21H2,1-2H3. The number of aryl methyl sites for hydroxylation is 1. The van der Waals surface area contributed by atoms with Crippen molar-refractivity contribution in [1.82, 2.24) is 0 Å². The molecule has 0 heterocycles. The molecule has 0 saturated carbocycles. The first-order chi connectivity index (χ1) is 15.6. The van der Waals surface area contributed by atoms with Crippen LogP contribution in [-0.4, -0.2) is 6.04 Å². The van der Waals surface area contributed by atoms with E-state index >= 15 is 0 Å². The lowest BCUT2D eigenvalue weighted by Gasteiger charge is -2.36. The Labute approximate surface area is 191 Å². The SMILES string of the molecule is C=C(c1ccccc1C)c1ccccc1N(C1=C(C)Cc2ccccc21)C1C=CC=CC1. The molecule has 0 aromatic heterocycles. The maximum atomic E-state index is 4.56. The molecule has 3 aromatic carbocycles. The van der Waals surface area contributed by atoms with E-state index < -0.39 is 0 Å². The summed E-state index contributed by atoms with van der Waals surface area (Å²) < 4.78 is 0. The number of hydrogen-bond donors (Lipinski definition) is 0. The van der Waals surface area contributed by atoms with Crippen molar-refractivity contribution in [3.05, 3.63) is 137 Å². The van der Waals surface area contributed by atoms with Gasteiger partial charge in [-0.25, -0.2) is 0 Å². The third kappa shape index (κ3) is 3.54. The van der Waals surface area contributed by atoms with Gasteiger partial charge in [-0.3, -0.25) is 0 Å². The lowest BCUT2D eigenvalue weighted by Crippen LogP contribution is -2.33. The molecule has 0 aliphatic heterocycles. The number of para-hydroxylation sites is 1. The number of allylic oxidation sites excluding steroid dienone is 3. The van der Waals surface area contributed by atoms with Gasteiger partial charge in [0.25, 0.3) is 0 Å². The number of rotatable bonds is 5. The molecule has 2 aliphatic carbocycles. The van der Waals surface area contributed by atoms with E-state index in [1.807, 2.05) is 0 Å². The van der Waals surface area contributed by atoms with Gasteiger partial charge in [0.1, 0.15) is 0 Å². The molecule has 1 unspecified atom stereocenters. The van der Waals surface area contributed by atoms with Gasteiger partial charge in [-0.15, -0.1) is 0 Å². The highest BCUT2D eigenvalue weighted by atomic mass is 15.2. The molecule has 3 aromatic rings. The van der Waals surface area contributed by atoms with Crippen LogP contribution < -0.4 is 4.90 Å². The number of anilines is 1. The second-order valence-electron chi connectivity index (χ2n) is 8.76. The zero-order valence-electron chi connectivity index (χ0n) is 18.9. The Morgan fingerprint density at radius 2 is 1.56 bits per heavy atom. The Morgan fingerprint density at radius 1 is 0.844 bits per heavy atom. The van der Waals surface area contributed by atoms with E-state index in [-0.39, 0.29) is 6.04 Å². The molecule has 1 nitrogen and oxygen atoms in total. The maximum Gasteiger partial charge on any atom is 0.0560 e. The summed E-state index contributed by atoms with van der Waals surface area (Å²) in [4.78, 5) is 2.56. The van der Waals surface area contributed by atoms with Crippen LogP contribution in [0.2, 0.25) is 0 Å². The lowest BCUT2D eigenvalue weighted by molar-refractivity contribution is 0.787. The quantitative estimate of drug-likeness (QED) is 0.412. The topological polar surface area (TPSA) is 3.24 Å². The van der Waals surface area contributed by atoms with Gasteiger partial charge in [-0.05, 0) is 60.6 Å². The monoisotopic (exact) mass is 415 g/mol. The van der Waals surface area contributed by atoms with Crippen molar-refractivity contribution in [2.75, 3.05) is 4.90 Å². The van der Waals surface area contributed by atoms with Gasteiger partial charge in [0.15, 0.2) is 0 Å². The summed E-state index contributed by atoms with van der Waals surface area (Å²) in [7, 11) is 0. The normalized spacial score (nSPS) is 16.9. The van der Waals surface area contributed by atoms with Crippen LogP contribution in [0.15, 0.2) is 109 Å². The molecule has 1 atom stereocenters. The second-order valence-corrected chi connectivity index (χ2v) is 8.76. The van der Waals surface area contributed by atoms with Gasteiger partial charge in [-0.1, -0.05) is 97.6 Å². The zero-order chi connectivity index (χ0) is 22.1. The van der Waals surface area contributed by atoms with Gasteiger partial charge < -0.3 is 4.90 Å². The van der Waals surface area contributed by atoms with Crippen LogP contribution in [-0.2, 0) is 6.42 Å². The molecule has 0 fully saturated rings. The summed E-state index contributed by atoms with van der Waals surface area (Å²) >= 11 is 0. The molecule has 158 valence electrons. The Morgan fingerprint density at radius 3 is 2.34 bits per heavy atom. The molecule has 1 heteroatoms. The number of benzene rings is 3. The summed E-state index contributed by atoms with van der Waals surface area (Å²) in [5, 5.41) is 0. The molecule has 0 bridgehead atoms. The highest BCUT2D eigenvalue weighted by Gasteiger charge is 2.30. The van der Waals surface area contributed by atoms with Gasteiger partial charge >= 0.3 is 0 Å². The summed E-state index contributed by atoms with van der Waals surface area (Å²) in [6.45, 7) is 9.00. The largest absolute Gasteiger partial charge is 0.333 e. The van der Waals surface area contributed by atoms with E-state index in [0.29, 0.717) is 0 Å². The predicted octanol–water partition coefficient (Wildman–Crippen LogP) is 7.73. The first-order valence-electron chi connectivity index (χ1n) is 11.4. The van der Waals surface area contributed by atoms with E-state index in [1.165, 1.54) is 44.8 Å². The van der Waals surface area contributed by atoms with Crippen LogP contribution >= 0.6 is 0 Å². The van der Waals surface area contributed by atoms with Crippen molar-refractivity contribution in [3.63, 3.8) is 0 Å². The minimum atomic E-state index is 0.266. The minimum absolute atomic E-state index is 0.266. The van der Waals surface area contributed by atoms with Gasteiger partial charge in [0.2, 0.25) is 0 Å². The highest BCUT2D eigenvalue weighted by molar-refractivity contribution is 5.93. The molecule has 0 N–H and O–H groups in total. The highest BCUT2D eigenvalue weighted by Crippen LogP contribution is 2.43. The summed E-state index contributed by atoms with van der Waals surface area (Å²) in [5.41, 5.74) is 11.5. The lowest BCUT2D eigenvalue weighted by atomic mass is 9.92. The third-order valence-corrected chi connectivity index (χ3v) is 6.62. The van der Waals surface area contributed by atoms with E-state index in [9.17, 15) is 0 Å². The second kappa shape index (κ2) is 8.51. The van der Waals surface area contributed by atoms with Crippen LogP contribution in [0.3, 0.4) is 0 Å². The Bertz CT molecular complexity index is 1270. The molecule has 0 saturated heterocycles. The van der Waals surface area contributed by atoms with E-state index in [2.05, 4.69) is 122 Å². The molecular formula is C31H29N. The fraction of sp³-hybridized carbons (Fsp3) is 0.161. The number of fused-ring (bicyclic) bond motifs is 1. The zero-order valence-corrected chi connectivity index (χ0v) is 18.9. The van der Waals surface area contributed by atoms with Crippen LogP contribution in [0, 0.1) is 6.92 Å². The molecule has 2 aliphatic rings. The van der Waals surface area contributed by atoms with Crippen molar-refractivity contribution in [2.45, 2.75) is 32.7 Å². The van der Waals surface area contributed by atoms with Crippen molar-refractivity contribution in [2.24, 2.45) is 0 Å². The van der Waals surface area contributed by atoms with Crippen LogP contribution in [0.5, 0.6) is 0 Å². The van der Waals surface area contributed by atoms with E-state index in [0.717, 1.165) is 18.4 Å². The van der Waals surface area contributed by atoms with Crippen molar-refractivity contribution >= 4 is 17.0 Å². The summed E-state index contributed by atoms with van der Waals surface area (Å²) in [6, 6.07) is 26.4.